The van der Waals surface area contributed by atoms with E-state index in [1.165, 1.54) is 0 Å². The summed E-state index contributed by atoms with van der Waals surface area (Å²) in [5.74, 6) is 0.540. The van der Waals surface area contributed by atoms with Gasteiger partial charge in [-0.2, -0.15) is 4.57 Å². The van der Waals surface area contributed by atoms with Crippen molar-refractivity contribution in [1.82, 2.24) is 15.1 Å². The Morgan fingerprint density at radius 3 is 2.37 bits per heavy atom. The van der Waals surface area contributed by atoms with Crippen LogP contribution >= 0.6 is 0 Å². The van der Waals surface area contributed by atoms with Crippen molar-refractivity contribution in [3.05, 3.63) is 42.5 Å². The van der Waals surface area contributed by atoms with Crippen LogP contribution in [0.2, 0.25) is 0 Å². The Hall–Kier alpha value is -3.36. The number of benzene rings is 2. The summed E-state index contributed by atoms with van der Waals surface area (Å²) in [6.07, 6.45) is 4.21. The molecule has 0 spiro atoms. The number of furan rings is 1. The molecule has 2 aromatic carbocycles. The molecular formula is C30H42N5O3+. The van der Waals surface area contributed by atoms with E-state index in [-0.39, 0.29) is 12.5 Å². The number of pyridine rings is 1. The highest BCUT2D eigenvalue weighted by Gasteiger charge is 2.24. The van der Waals surface area contributed by atoms with Crippen LogP contribution in [0.15, 0.2) is 46.9 Å². The van der Waals surface area contributed by atoms with Gasteiger partial charge in [-0.3, -0.25) is 4.79 Å². The van der Waals surface area contributed by atoms with Gasteiger partial charge in [-0.05, 0) is 91.2 Å². The van der Waals surface area contributed by atoms with Crippen molar-refractivity contribution in [3.8, 4) is 5.75 Å². The molecule has 4 aromatic rings. The second-order valence-electron chi connectivity index (χ2n) is 10.5. The lowest BCUT2D eigenvalue weighted by molar-refractivity contribution is -0.616. The number of anilines is 1. The third kappa shape index (κ3) is 6.74. The molecule has 2 N–H and O–H groups in total. The summed E-state index contributed by atoms with van der Waals surface area (Å²) in [5.41, 5.74) is 4.77. The molecule has 2 aromatic heterocycles. The summed E-state index contributed by atoms with van der Waals surface area (Å²) >= 11 is 0. The van der Waals surface area contributed by atoms with E-state index in [9.17, 15) is 4.79 Å². The number of rotatable bonds is 14. The molecule has 38 heavy (non-hydrogen) atoms. The molecule has 204 valence electrons. The fraction of sp³-hybridized carbons (Fsp3) is 0.467. The predicted molar refractivity (Wildman–Crippen MR) is 155 cm³/mol. The second-order valence-corrected chi connectivity index (χ2v) is 10.5. The lowest BCUT2D eigenvalue weighted by Gasteiger charge is -2.11. The van der Waals surface area contributed by atoms with E-state index in [1.54, 1.807) is 0 Å². The van der Waals surface area contributed by atoms with E-state index in [2.05, 4.69) is 84.5 Å². The van der Waals surface area contributed by atoms with Crippen LogP contribution in [0.3, 0.4) is 0 Å². The number of aryl methyl sites for hydroxylation is 1. The second kappa shape index (κ2) is 12.9. The number of carbonyl (C=O) groups is 1. The summed E-state index contributed by atoms with van der Waals surface area (Å²) in [6, 6.07) is 14.2. The first-order chi connectivity index (χ1) is 18.3. The number of ether oxygens (including phenoxy) is 1. The molecule has 0 bridgehead atoms. The third-order valence-electron chi connectivity index (χ3n) is 6.79. The maximum atomic E-state index is 12.3. The van der Waals surface area contributed by atoms with Gasteiger partial charge in [0.25, 0.3) is 11.4 Å². The van der Waals surface area contributed by atoms with Gasteiger partial charge >= 0.3 is 0 Å². The maximum absolute atomic E-state index is 12.3. The van der Waals surface area contributed by atoms with E-state index < -0.39 is 0 Å². The van der Waals surface area contributed by atoms with E-state index >= 15 is 0 Å². The molecule has 0 atom stereocenters. The number of amides is 1. The molecule has 0 aliphatic heterocycles. The quantitative estimate of drug-likeness (QED) is 0.192. The van der Waals surface area contributed by atoms with Crippen LogP contribution in [0.1, 0.15) is 25.7 Å². The van der Waals surface area contributed by atoms with Gasteiger partial charge in [0.1, 0.15) is 18.4 Å². The predicted octanol–water partition coefficient (Wildman–Crippen LogP) is 4.15. The number of carbonyl (C=O) groups excluding carboxylic acids is 1. The number of fused-ring (bicyclic) bond motifs is 4. The van der Waals surface area contributed by atoms with Gasteiger partial charge in [-0.15, -0.1) is 0 Å². The smallest absolute Gasteiger partial charge is 0.261 e. The molecule has 4 rings (SSSR count). The van der Waals surface area contributed by atoms with Gasteiger partial charge in [0.2, 0.25) is 11.1 Å². The van der Waals surface area contributed by atoms with Crippen LogP contribution in [0.5, 0.6) is 5.75 Å². The molecule has 0 saturated carbocycles. The highest BCUT2D eigenvalue weighted by Crippen LogP contribution is 2.37. The van der Waals surface area contributed by atoms with Crippen molar-refractivity contribution in [2.75, 3.05) is 66.3 Å². The van der Waals surface area contributed by atoms with Gasteiger partial charge in [0.05, 0.1) is 16.5 Å². The Balaban J connectivity index is 1.53. The number of hydrogen-bond acceptors (Lipinski definition) is 6. The Labute approximate surface area is 225 Å². The average Bonchev–Trinajstić information content (AvgIpc) is 3.27. The summed E-state index contributed by atoms with van der Waals surface area (Å²) in [4.78, 5) is 16.6. The molecule has 2 heterocycles. The SMILES string of the molecule is CN(C)CCCCNC(=O)COc1ccc2oc3c(NCCCCN(C)C)c4ccccc4[n+](C)c3c2c1. The minimum absolute atomic E-state index is 0.0101. The average molecular weight is 521 g/mol. The Morgan fingerprint density at radius 2 is 1.63 bits per heavy atom. The largest absolute Gasteiger partial charge is 0.484 e. The minimum atomic E-state index is -0.107. The maximum Gasteiger partial charge on any atom is 0.261 e. The van der Waals surface area contributed by atoms with Crippen molar-refractivity contribution >= 4 is 44.6 Å². The number of unbranched alkanes of at least 4 members (excludes halogenated alkanes) is 2. The Bertz CT molecular complexity index is 1380. The lowest BCUT2D eigenvalue weighted by atomic mass is 10.1. The van der Waals surface area contributed by atoms with Crippen molar-refractivity contribution in [2.24, 2.45) is 7.05 Å². The summed E-state index contributed by atoms with van der Waals surface area (Å²) < 4.78 is 14.5. The number of nitrogens with one attached hydrogen (secondary N) is 2. The molecule has 0 fully saturated rings. The number of hydrogen-bond donors (Lipinski definition) is 2. The number of aromatic nitrogens is 1. The topological polar surface area (TPSA) is 73.9 Å². The monoisotopic (exact) mass is 520 g/mol. The first kappa shape index (κ1) is 27.7. The first-order valence-electron chi connectivity index (χ1n) is 13.5. The van der Waals surface area contributed by atoms with E-state index in [0.717, 1.165) is 84.0 Å². The molecule has 8 heteroatoms. The minimum Gasteiger partial charge on any atom is -0.484 e. The molecule has 8 nitrogen and oxygen atoms in total. The standard InChI is InChI=1S/C30H41N5O3/c1-33(2)18-10-8-16-31-27(36)21-37-22-14-15-26-24(20-22)29-30(38-26)28(32-17-9-11-19-34(3)4)23-12-6-7-13-25(23)35(29)5/h6-7,12-15,20H,8-11,16-19,21H2,1-5H3,(H,31,36)/p+1. The molecule has 0 saturated heterocycles. The number of nitrogens with zero attached hydrogens (tertiary/aromatic N) is 3. The fourth-order valence-electron chi connectivity index (χ4n) is 4.80. The first-order valence-corrected chi connectivity index (χ1v) is 13.5. The molecule has 0 aliphatic carbocycles. The molecule has 0 unspecified atom stereocenters. The normalized spacial score (nSPS) is 11.8. The summed E-state index contributed by atoms with van der Waals surface area (Å²) in [5, 5.41) is 8.71. The van der Waals surface area contributed by atoms with Crippen LogP contribution in [-0.2, 0) is 11.8 Å². The van der Waals surface area contributed by atoms with Crippen LogP contribution < -0.4 is 19.9 Å². The summed E-state index contributed by atoms with van der Waals surface area (Å²) in [6.45, 7) is 3.62. The van der Waals surface area contributed by atoms with Gasteiger partial charge in [0.15, 0.2) is 6.61 Å². The van der Waals surface area contributed by atoms with Crippen LogP contribution in [0, 0.1) is 0 Å². The number of para-hydroxylation sites is 1. The van der Waals surface area contributed by atoms with Crippen LogP contribution in [0.4, 0.5) is 5.69 Å². The summed E-state index contributed by atoms with van der Waals surface area (Å²) in [7, 11) is 10.4. The third-order valence-corrected chi connectivity index (χ3v) is 6.79. The van der Waals surface area contributed by atoms with E-state index in [1.807, 2.05) is 18.2 Å². The molecule has 0 radical (unpaired) electrons. The van der Waals surface area contributed by atoms with Crippen molar-refractivity contribution in [2.45, 2.75) is 25.7 Å². The molecule has 1 amide bonds. The molecule has 0 aliphatic rings. The highest BCUT2D eigenvalue weighted by molar-refractivity contribution is 6.11. The van der Waals surface area contributed by atoms with Crippen LogP contribution in [-0.4, -0.2) is 76.7 Å². The highest BCUT2D eigenvalue weighted by atomic mass is 16.5. The van der Waals surface area contributed by atoms with E-state index in [4.69, 9.17) is 9.15 Å². The van der Waals surface area contributed by atoms with Crippen molar-refractivity contribution in [3.63, 3.8) is 0 Å². The fourth-order valence-corrected chi connectivity index (χ4v) is 4.80. The van der Waals surface area contributed by atoms with Crippen molar-refractivity contribution in [1.29, 1.82) is 0 Å². The van der Waals surface area contributed by atoms with Gasteiger partial charge < -0.3 is 29.6 Å². The zero-order chi connectivity index (χ0) is 27.1. The van der Waals surface area contributed by atoms with Crippen molar-refractivity contribution < 1.29 is 18.5 Å². The lowest BCUT2D eigenvalue weighted by Crippen LogP contribution is -2.30. The Morgan fingerprint density at radius 1 is 0.921 bits per heavy atom. The van der Waals surface area contributed by atoms with Gasteiger partial charge in [0, 0.05) is 19.2 Å². The zero-order valence-electron chi connectivity index (χ0n) is 23.5. The van der Waals surface area contributed by atoms with Crippen LogP contribution in [0.25, 0.3) is 33.0 Å². The molecular weight excluding hydrogens is 478 g/mol. The van der Waals surface area contributed by atoms with Gasteiger partial charge in [-0.25, -0.2) is 0 Å². The zero-order valence-corrected chi connectivity index (χ0v) is 23.5. The van der Waals surface area contributed by atoms with E-state index in [0.29, 0.717) is 12.3 Å². The Kier molecular flexibility index (Phi) is 9.42. The van der Waals surface area contributed by atoms with Gasteiger partial charge in [-0.1, -0.05) is 12.1 Å².